The van der Waals surface area contributed by atoms with Gasteiger partial charge in [0.2, 0.25) is 0 Å². The highest BCUT2D eigenvalue weighted by Gasteiger charge is 2.20. The number of anilines is 1. The Kier molecular flexibility index (Phi) is 9.21. The van der Waals surface area contributed by atoms with Crippen molar-refractivity contribution in [1.29, 1.82) is 0 Å². The van der Waals surface area contributed by atoms with E-state index in [0.29, 0.717) is 0 Å². The van der Waals surface area contributed by atoms with Crippen molar-refractivity contribution in [3.8, 4) is 5.75 Å². The molecule has 170 valence electrons. The van der Waals surface area contributed by atoms with Gasteiger partial charge in [-0.2, -0.15) is 5.10 Å². The van der Waals surface area contributed by atoms with Crippen molar-refractivity contribution < 1.29 is 9.47 Å². The lowest BCUT2D eigenvalue weighted by Crippen LogP contribution is -2.32. The Balaban J connectivity index is 1.47. The van der Waals surface area contributed by atoms with Crippen LogP contribution in [-0.4, -0.2) is 48.6 Å². The number of benzene rings is 1. The zero-order chi connectivity index (χ0) is 21.9. The van der Waals surface area contributed by atoms with Gasteiger partial charge in [-0.1, -0.05) is 0 Å². The first-order valence-corrected chi connectivity index (χ1v) is 11.5. The standard InChI is InChI=1S/C24H37N5O2/c1-18(2)31-23-11-9-22(10-12-23)28-24(26-14-5-15-30-17-20-7-8-20)25-13-4-6-21-16-27-29-19(21)3/h9-12,16,18,20H,4-8,13-15,17H2,1-3H3,(H,27,29)(H2,25,26,28). The van der Waals surface area contributed by atoms with E-state index in [0.717, 1.165) is 74.6 Å². The topological polar surface area (TPSA) is 83.6 Å². The van der Waals surface area contributed by atoms with Crippen molar-refractivity contribution in [2.75, 3.05) is 31.6 Å². The predicted molar refractivity (Wildman–Crippen MR) is 126 cm³/mol. The zero-order valence-electron chi connectivity index (χ0n) is 19.1. The lowest BCUT2D eigenvalue weighted by atomic mass is 10.1. The fourth-order valence-corrected chi connectivity index (χ4v) is 3.17. The molecule has 7 heteroatoms. The Labute approximate surface area is 186 Å². The van der Waals surface area contributed by atoms with Gasteiger partial charge in [0.1, 0.15) is 5.75 Å². The molecule has 1 aromatic carbocycles. The average Bonchev–Trinajstić information content (AvgIpc) is 3.48. The highest BCUT2D eigenvalue weighted by Crippen LogP contribution is 2.28. The highest BCUT2D eigenvalue weighted by molar-refractivity contribution is 5.93. The molecule has 1 saturated carbocycles. The number of aromatic nitrogens is 2. The third-order valence-electron chi connectivity index (χ3n) is 5.11. The van der Waals surface area contributed by atoms with Crippen LogP contribution in [0.5, 0.6) is 5.75 Å². The van der Waals surface area contributed by atoms with Crippen molar-refractivity contribution in [1.82, 2.24) is 15.5 Å². The van der Waals surface area contributed by atoms with Crippen molar-refractivity contribution in [2.24, 2.45) is 10.9 Å². The van der Waals surface area contributed by atoms with Gasteiger partial charge >= 0.3 is 0 Å². The Morgan fingerprint density at radius 1 is 1.23 bits per heavy atom. The molecule has 0 aliphatic heterocycles. The van der Waals surface area contributed by atoms with Crippen LogP contribution >= 0.6 is 0 Å². The lowest BCUT2D eigenvalue weighted by molar-refractivity contribution is 0.123. The number of ether oxygens (including phenoxy) is 2. The molecule has 0 atom stereocenters. The number of H-pyrrole nitrogens is 1. The maximum atomic E-state index is 5.73. The summed E-state index contributed by atoms with van der Waals surface area (Å²) in [6.07, 6.45) is 7.63. The number of aromatic amines is 1. The molecular weight excluding hydrogens is 390 g/mol. The molecule has 1 heterocycles. The number of nitrogens with zero attached hydrogens (tertiary/aromatic N) is 2. The maximum absolute atomic E-state index is 5.73. The average molecular weight is 428 g/mol. The van der Waals surface area contributed by atoms with Gasteiger partial charge < -0.3 is 20.1 Å². The van der Waals surface area contributed by atoms with Crippen LogP contribution in [0.4, 0.5) is 5.69 Å². The molecular formula is C24H37N5O2. The molecule has 1 fully saturated rings. The summed E-state index contributed by atoms with van der Waals surface area (Å²) in [6.45, 7) is 9.38. The Hall–Kier alpha value is -2.54. The van der Waals surface area contributed by atoms with Crippen LogP contribution in [0.3, 0.4) is 0 Å². The quantitative estimate of drug-likeness (QED) is 0.252. The van der Waals surface area contributed by atoms with E-state index in [4.69, 9.17) is 14.5 Å². The van der Waals surface area contributed by atoms with E-state index in [1.54, 1.807) is 0 Å². The molecule has 0 radical (unpaired) electrons. The number of rotatable bonds is 13. The zero-order valence-corrected chi connectivity index (χ0v) is 19.1. The number of guanidine groups is 1. The minimum Gasteiger partial charge on any atom is -0.491 e. The van der Waals surface area contributed by atoms with Crippen LogP contribution in [0.25, 0.3) is 0 Å². The largest absolute Gasteiger partial charge is 0.491 e. The van der Waals surface area contributed by atoms with Crippen LogP contribution in [0.2, 0.25) is 0 Å². The van der Waals surface area contributed by atoms with Crippen molar-refractivity contribution in [2.45, 2.75) is 59.0 Å². The number of aryl methyl sites for hydroxylation is 2. The predicted octanol–water partition coefficient (Wildman–Crippen LogP) is 4.31. The number of nitrogens with one attached hydrogen (secondary N) is 3. The number of hydrogen-bond donors (Lipinski definition) is 3. The molecule has 1 aliphatic carbocycles. The SMILES string of the molecule is Cc1[nH]ncc1CCCN=C(NCCCOCC1CC1)Nc1ccc(OC(C)C)cc1. The van der Waals surface area contributed by atoms with E-state index in [2.05, 4.69) is 27.8 Å². The summed E-state index contributed by atoms with van der Waals surface area (Å²) in [6, 6.07) is 7.99. The summed E-state index contributed by atoms with van der Waals surface area (Å²) in [7, 11) is 0. The third-order valence-corrected chi connectivity index (χ3v) is 5.11. The molecule has 1 aliphatic rings. The van der Waals surface area contributed by atoms with E-state index in [9.17, 15) is 0 Å². The van der Waals surface area contributed by atoms with Gasteiger partial charge in [0.05, 0.1) is 12.3 Å². The fraction of sp³-hybridized carbons (Fsp3) is 0.583. The van der Waals surface area contributed by atoms with Gasteiger partial charge in [-0.05, 0) is 88.6 Å². The molecule has 1 aromatic heterocycles. The molecule has 7 nitrogen and oxygen atoms in total. The molecule has 0 spiro atoms. The first-order valence-electron chi connectivity index (χ1n) is 11.5. The maximum Gasteiger partial charge on any atom is 0.195 e. The van der Waals surface area contributed by atoms with Gasteiger partial charge in [-0.25, -0.2) is 0 Å². The van der Waals surface area contributed by atoms with Crippen molar-refractivity contribution in [3.05, 3.63) is 41.7 Å². The van der Waals surface area contributed by atoms with Gasteiger partial charge in [0.25, 0.3) is 0 Å². The molecule has 0 saturated heterocycles. The van der Waals surface area contributed by atoms with E-state index in [-0.39, 0.29) is 6.10 Å². The molecule has 3 rings (SSSR count). The van der Waals surface area contributed by atoms with Gasteiger partial charge in [-0.3, -0.25) is 10.1 Å². The van der Waals surface area contributed by atoms with Gasteiger partial charge in [0.15, 0.2) is 5.96 Å². The summed E-state index contributed by atoms with van der Waals surface area (Å²) in [5, 5.41) is 13.9. The molecule has 3 N–H and O–H groups in total. The normalized spacial score (nSPS) is 14.1. The number of aliphatic imine (C=N–C) groups is 1. The van der Waals surface area contributed by atoms with Crippen molar-refractivity contribution in [3.63, 3.8) is 0 Å². The third kappa shape index (κ3) is 9.00. The summed E-state index contributed by atoms with van der Waals surface area (Å²) in [5.74, 6) is 2.48. The van der Waals surface area contributed by atoms with Gasteiger partial charge in [0, 0.05) is 37.7 Å². The van der Waals surface area contributed by atoms with Crippen LogP contribution in [0.15, 0.2) is 35.5 Å². The van der Waals surface area contributed by atoms with E-state index < -0.39 is 0 Å². The van der Waals surface area contributed by atoms with Crippen molar-refractivity contribution >= 4 is 11.6 Å². The van der Waals surface area contributed by atoms with Crippen LogP contribution < -0.4 is 15.4 Å². The molecule has 0 unspecified atom stereocenters. The van der Waals surface area contributed by atoms with Crippen LogP contribution in [-0.2, 0) is 11.2 Å². The smallest absolute Gasteiger partial charge is 0.195 e. The number of hydrogen-bond acceptors (Lipinski definition) is 4. The monoisotopic (exact) mass is 427 g/mol. The Morgan fingerprint density at radius 3 is 2.71 bits per heavy atom. The second-order valence-corrected chi connectivity index (χ2v) is 8.47. The second kappa shape index (κ2) is 12.3. The van der Waals surface area contributed by atoms with Crippen LogP contribution in [0.1, 0.15) is 50.8 Å². The first kappa shape index (κ1) is 23.1. The highest BCUT2D eigenvalue weighted by atomic mass is 16.5. The Morgan fingerprint density at radius 2 is 2.03 bits per heavy atom. The van der Waals surface area contributed by atoms with E-state index in [1.165, 1.54) is 18.4 Å². The van der Waals surface area contributed by atoms with Crippen LogP contribution in [0, 0.1) is 12.8 Å². The minimum absolute atomic E-state index is 0.165. The molecule has 0 bridgehead atoms. The molecule has 0 amide bonds. The molecule has 31 heavy (non-hydrogen) atoms. The molecule has 2 aromatic rings. The fourth-order valence-electron chi connectivity index (χ4n) is 3.17. The second-order valence-electron chi connectivity index (χ2n) is 8.47. The van der Waals surface area contributed by atoms with E-state index in [1.807, 2.05) is 44.3 Å². The van der Waals surface area contributed by atoms with E-state index >= 15 is 0 Å². The summed E-state index contributed by atoms with van der Waals surface area (Å²) in [4.78, 5) is 4.77. The minimum atomic E-state index is 0.165. The summed E-state index contributed by atoms with van der Waals surface area (Å²) >= 11 is 0. The van der Waals surface area contributed by atoms with Gasteiger partial charge in [-0.15, -0.1) is 0 Å². The lowest BCUT2D eigenvalue weighted by Gasteiger charge is -2.14. The summed E-state index contributed by atoms with van der Waals surface area (Å²) < 4.78 is 11.5. The Bertz CT molecular complexity index is 797. The first-order chi connectivity index (χ1) is 15.1. The summed E-state index contributed by atoms with van der Waals surface area (Å²) in [5.41, 5.74) is 3.37.